The summed E-state index contributed by atoms with van der Waals surface area (Å²) >= 11 is 0. The first kappa shape index (κ1) is 11.7. The minimum Gasteiger partial charge on any atom is -0.326 e. The van der Waals surface area contributed by atoms with Gasteiger partial charge in [0, 0.05) is 18.5 Å². The summed E-state index contributed by atoms with van der Waals surface area (Å²) in [5.74, 6) is 1.91. The lowest BCUT2D eigenvalue weighted by Gasteiger charge is -2.26. The SMILES string of the molecule is CCC(N)Cn1c(C2CCC2)nc2ccccc21. The Bertz CT molecular complexity index is 540. The van der Waals surface area contributed by atoms with Crippen LogP contribution in [-0.2, 0) is 6.54 Å². The van der Waals surface area contributed by atoms with E-state index in [4.69, 9.17) is 10.7 Å². The monoisotopic (exact) mass is 243 g/mol. The number of rotatable bonds is 4. The van der Waals surface area contributed by atoms with Gasteiger partial charge in [-0.1, -0.05) is 25.5 Å². The average molecular weight is 243 g/mol. The molecular weight excluding hydrogens is 222 g/mol. The molecule has 1 unspecified atom stereocenters. The van der Waals surface area contributed by atoms with Gasteiger partial charge in [-0.2, -0.15) is 0 Å². The molecule has 1 aliphatic carbocycles. The zero-order chi connectivity index (χ0) is 12.5. The highest BCUT2D eigenvalue weighted by atomic mass is 15.1. The zero-order valence-corrected chi connectivity index (χ0v) is 11.0. The molecule has 1 fully saturated rings. The van der Waals surface area contributed by atoms with Crippen LogP contribution in [0.4, 0.5) is 0 Å². The molecule has 96 valence electrons. The van der Waals surface area contributed by atoms with Crippen molar-refractivity contribution in [2.24, 2.45) is 5.73 Å². The zero-order valence-electron chi connectivity index (χ0n) is 11.0. The fourth-order valence-electron chi connectivity index (χ4n) is 2.63. The minimum absolute atomic E-state index is 0.224. The maximum absolute atomic E-state index is 6.14. The third-order valence-corrected chi connectivity index (χ3v) is 4.10. The summed E-state index contributed by atoms with van der Waals surface area (Å²) in [5, 5.41) is 0. The Hall–Kier alpha value is -1.35. The van der Waals surface area contributed by atoms with Crippen LogP contribution >= 0.6 is 0 Å². The predicted molar refractivity (Wildman–Crippen MR) is 74.6 cm³/mol. The van der Waals surface area contributed by atoms with Crippen molar-refractivity contribution in [3.63, 3.8) is 0 Å². The Morgan fingerprint density at radius 1 is 1.39 bits per heavy atom. The average Bonchev–Trinajstić information content (AvgIpc) is 2.66. The van der Waals surface area contributed by atoms with E-state index in [0.717, 1.165) is 18.5 Å². The van der Waals surface area contributed by atoms with E-state index in [0.29, 0.717) is 5.92 Å². The van der Waals surface area contributed by atoms with Gasteiger partial charge in [0.05, 0.1) is 11.0 Å². The minimum atomic E-state index is 0.224. The molecule has 0 spiro atoms. The highest BCUT2D eigenvalue weighted by molar-refractivity contribution is 5.76. The lowest BCUT2D eigenvalue weighted by Crippen LogP contribution is -2.27. The summed E-state index contributed by atoms with van der Waals surface area (Å²) in [6.45, 7) is 3.04. The van der Waals surface area contributed by atoms with Crippen LogP contribution in [0, 0.1) is 0 Å². The molecule has 0 aliphatic heterocycles. The molecule has 2 aromatic rings. The van der Waals surface area contributed by atoms with Crippen molar-refractivity contribution in [3.8, 4) is 0 Å². The van der Waals surface area contributed by atoms with Gasteiger partial charge in [-0.3, -0.25) is 0 Å². The van der Waals surface area contributed by atoms with Crippen molar-refractivity contribution >= 4 is 11.0 Å². The van der Waals surface area contributed by atoms with Gasteiger partial charge >= 0.3 is 0 Å². The molecule has 0 radical (unpaired) electrons. The molecule has 0 saturated heterocycles. The van der Waals surface area contributed by atoms with Gasteiger partial charge in [-0.25, -0.2) is 4.98 Å². The van der Waals surface area contributed by atoms with Gasteiger partial charge < -0.3 is 10.3 Å². The number of fused-ring (bicyclic) bond motifs is 1. The Morgan fingerprint density at radius 2 is 2.17 bits per heavy atom. The van der Waals surface area contributed by atoms with Crippen molar-refractivity contribution < 1.29 is 0 Å². The number of hydrogen-bond donors (Lipinski definition) is 1. The standard InChI is InChI=1S/C15H21N3/c1-2-12(16)10-18-14-9-4-3-8-13(14)17-15(18)11-6-5-7-11/h3-4,8-9,11-12H,2,5-7,10,16H2,1H3. The maximum atomic E-state index is 6.14. The Labute approximate surface area is 108 Å². The van der Waals surface area contributed by atoms with Crippen molar-refractivity contribution in [1.29, 1.82) is 0 Å². The molecule has 3 rings (SSSR count). The van der Waals surface area contributed by atoms with E-state index in [9.17, 15) is 0 Å². The summed E-state index contributed by atoms with van der Waals surface area (Å²) in [5.41, 5.74) is 8.49. The van der Waals surface area contributed by atoms with E-state index in [2.05, 4.69) is 35.8 Å². The van der Waals surface area contributed by atoms with Crippen molar-refractivity contribution in [2.75, 3.05) is 0 Å². The Balaban J connectivity index is 2.05. The third kappa shape index (κ3) is 1.93. The van der Waals surface area contributed by atoms with E-state index in [-0.39, 0.29) is 6.04 Å². The van der Waals surface area contributed by atoms with E-state index in [1.54, 1.807) is 0 Å². The number of benzene rings is 1. The normalized spacial score (nSPS) is 17.9. The molecule has 2 N–H and O–H groups in total. The first-order valence-corrected chi connectivity index (χ1v) is 7.00. The van der Waals surface area contributed by atoms with E-state index in [1.165, 1.54) is 30.6 Å². The smallest absolute Gasteiger partial charge is 0.113 e. The lowest BCUT2D eigenvalue weighted by molar-refractivity contribution is 0.382. The van der Waals surface area contributed by atoms with Crippen LogP contribution in [0.25, 0.3) is 11.0 Å². The van der Waals surface area contributed by atoms with Crippen molar-refractivity contribution in [3.05, 3.63) is 30.1 Å². The molecule has 0 bridgehead atoms. The topological polar surface area (TPSA) is 43.8 Å². The van der Waals surface area contributed by atoms with Gasteiger partial charge in [0.25, 0.3) is 0 Å². The summed E-state index contributed by atoms with van der Waals surface area (Å²) < 4.78 is 2.35. The second-order valence-electron chi connectivity index (χ2n) is 5.37. The maximum Gasteiger partial charge on any atom is 0.113 e. The predicted octanol–water partition coefficient (Wildman–Crippen LogP) is 3.04. The van der Waals surface area contributed by atoms with Gasteiger partial charge in [0.2, 0.25) is 0 Å². The van der Waals surface area contributed by atoms with Crippen LogP contribution in [0.15, 0.2) is 24.3 Å². The van der Waals surface area contributed by atoms with Crippen LogP contribution in [0.1, 0.15) is 44.3 Å². The van der Waals surface area contributed by atoms with Gasteiger partial charge in [0.1, 0.15) is 5.82 Å². The largest absolute Gasteiger partial charge is 0.326 e. The summed E-state index contributed by atoms with van der Waals surface area (Å²) in [4.78, 5) is 4.83. The fourth-order valence-corrected chi connectivity index (χ4v) is 2.63. The molecular formula is C15H21N3. The Morgan fingerprint density at radius 3 is 2.83 bits per heavy atom. The number of imidazole rings is 1. The molecule has 1 atom stereocenters. The molecule has 1 saturated carbocycles. The van der Waals surface area contributed by atoms with Crippen LogP contribution in [0.2, 0.25) is 0 Å². The summed E-state index contributed by atoms with van der Waals surface area (Å²) in [6, 6.07) is 8.63. The van der Waals surface area contributed by atoms with E-state index >= 15 is 0 Å². The molecule has 3 nitrogen and oxygen atoms in total. The number of nitrogens with zero attached hydrogens (tertiary/aromatic N) is 2. The molecule has 3 heteroatoms. The lowest BCUT2D eigenvalue weighted by atomic mass is 9.85. The molecule has 1 aromatic heterocycles. The van der Waals surface area contributed by atoms with Crippen molar-refractivity contribution in [2.45, 2.75) is 51.1 Å². The number of aromatic nitrogens is 2. The van der Waals surface area contributed by atoms with Gasteiger partial charge in [-0.15, -0.1) is 0 Å². The third-order valence-electron chi connectivity index (χ3n) is 4.10. The molecule has 18 heavy (non-hydrogen) atoms. The summed E-state index contributed by atoms with van der Waals surface area (Å²) in [6.07, 6.45) is 4.92. The molecule has 1 aromatic carbocycles. The van der Waals surface area contributed by atoms with Crippen molar-refractivity contribution in [1.82, 2.24) is 9.55 Å². The van der Waals surface area contributed by atoms with E-state index in [1.807, 2.05) is 0 Å². The fraction of sp³-hybridized carbons (Fsp3) is 0.533. The first-order valence-electron chi connectivity index (χ1n) is 7.00. The van der Waals surface area contributed by atoms with Gasteiger partial charge in [-0.05, 0) is 31.4 Å². The highest BCUT2D eigenvalue weighted by Gasteiger charge is 2.26. The quantitative estimate of drug-likeness (QED) is 0.897. The molecule has 1 heterocycles. The van der Waals surface area contributed by atoms with Crippen LogP contribution < -0.4 is 5.73 Å². The Kier molecular flexibility index (Phi) is 3.08. The van der Waals surface area contributed by atoms with Crippen LogP contribution in [-0.4, -0.2) is 15.6 Å². The second-order valence-corrected chi connectivity index (χ2v) is 5.37. The van der Waals surface area contributed by atoms with Crippen LogP contribution in [0.3, 0.4) is 0 Å². The van der Waals surface area contributed by atoms with Crippen LogP contribution in [0.5, 0.6) is 0 Å². The summed E-state index contributed by atoms with van der Waals surface area (Å²) in [7, 11) is 0. The van der Waals surface area contributed by atoms with E-state index < -0.39 is 0 Å². The first-order chi connectivity index (χ1) is 8.79. The number of hydrogen-bond acceptors (Lipinski definition) is 2. The molecule has 1 aliphatic rings. The molecule has 0 amide bonds. The number of para-hydroxylation sites is 2. The highest BCUT2D eigenvalue weighted by Crippen LogP contribution is 2.37. The number of nitrogens with two attached hydrogens (primary N) is 1. The second kappa shape index (κ2) is 4.73. The van der Waals surface area contributed by atoms with Gasteiger partial charge in [0.15, 0.2) is 0 Å².